The molecule has 0 bridgehead atoms. The second kappa shape index (κ2) is 6.08. The van der Waals surface area contributed by atoms with Gasteiger partial charge in [0.25, 0.3) is 0 Å². The largest absolute Gasteiger partial charge is 0.474 e. The number of ether oxygens (including phenoxy) is 1. The van der Waals surface area contributed by atoms with E-state index in [0.29, 0.717) is 28.7 Å². The Balaban J connectivity index is 2.13. The molecule has 0 amide bonds. The van der Waals surface area contributed by atoms with Gasteiger partial charge in [0.05, 0.1) is 0 Å². The number of hydrogen-bond acceptors (Lipinski definition) is 3. The van der Waals surface area contributed by atoms with Crippen LogP contribution in [-0.2, 0) is 0 Å². The first-order valence-corrected chi connectivity index (χ1v) is 7.51. The van der Waals surface area contributed by atoms with Crippen LogP contribution in [0.25, 0.3) is 0 Å². The quantitative estimate of drug-likeness (QED) is 0.776. The molecule has 4 heteroatoms. The monoisotopic (exact) mass is 282 g/mol. The van der Waals surface area contributed by atoms with Crippen molar-refractivity contribution in [1.82, 2.24) is 9.97 Å². The van der Waals surface area contributed by atoms with Gasteiger partial charge in [-0.15, -0.1) is 0 Å². The summed E-state index contributed by atoms with van der Waals surface area (Å²) in [6.45, 7) is 8.68. The fraction of sp³-hybridized carbons (Fsp3) is 0.733. The molecule has 1 aromatic heterocycles. The van der Waals surface area contributed by atoms with Crippen LogP contribution < -0.4 is 4.74 Å². The second-order valence-corrected chi connectivity index (χ2v) is 6.45. The number of nitrogens with zero attached hydrogens (tertiary/aromatic N) is 2. The summed E-state index contributed by atoms with van der Waals surface area (Å²) in [5, 5.41) is 0.451. The minimum Gasteiger partial charge on any atom is -0.474 e. The predicted molar refractivity (Wildman–Crippen MR) is 77.5 cm³/mol. The lowest BCUT2D eigenvalue weighted by molar-refractivity contribution is 0.0424. The van der Waals surface area contributed by atoms with Crippen LogP contribution >= 0.6 is 11.6 Å². The summed E-state index contributed by atoms with van der Waals surface area (Å²) in [5.41, 5.74) is 0. The molecular weight excluding hydrogens is 260 g/mol. The van der Waals surface area contributed by atoms with Crippen LogP contribution in [0, 0.1) is 24.7 Å². The first-order valence-electron chi connectivity index (χ1n) is 7.13. The Morgan fingerprint density at radius 3 is 2.68 bits per heavy atom. The van der Waals surface area contributed by atoms with Crippen molar-refractivity contribution in [1.29, 1.82) is 0 Å². The summed E-state index contributed by atoms with van der Waals surface area (Å²) >= 11 is 5.96. The van der Waals surface area contributed by atoms with E-state index in [4.69, 9.17) is 16.3 Å². The highest BCUT2D eigenvalue weighted by Crippen LogP contribution is 2.35. The molecule has 0 saturated heterocycles. The Morgan fingerprint density at radius 2 is 2.05 bits per heavy atom. The van der Waals surface area contributed by atoms with Gasteiger partial charge in [0.15, 0.2) is 0 Å². The van der Waals surface area contributed by atoms with Crippen LogP contribution in [0.2, 0.25) is 5.15 Å². The highest BCUT2D eigenvalue weighted by atomic mass is 35.5. The van der Waals surface area contributed by atoms with Crippen molar-refractivity contribution in [2.75, 3.05) is 0 Å². The molecule has 0 N–H and O–H groups in total. The van der Waals surface area contributed by atoms with Gasteiger partial charge in [-0.2, -0.15) is 4.98 Å². The fourth-order valence-corrected chi connectivity index (χ4v) is 3.19. The van der Waals surface area contributed by atoms with Gasteiger partial charge in [0.1, 0.15) is 17.1 Å². The third-order valence-corrected chi connectivity index (χ3v) is 4.21. The van der Waals surface area contributed by atoms with Crippen LogP contribution in [0.4, 0.5) is 0 Å². The number of aryl methyl sites for hydroxylation is 1. The normalized spacial score (nSPS) is 27.6. The van der Waals surface area contributed by atoms with E-state index in [9.17, 15) is 0 Å². The van der Waals surface area contributed by atoms with E-state index in [1.54, 1.807) is 6.07 Å². The molecule has 1 aliphatic carbocycles. The summed E-state index contributed by atoms with van der Waals surface area (Å²) in [5.74, 6) is 3.23. The summed E-state index contributed by atoms with van der Waals surface area (Å²) < 4.78 is 6.13. The smallest absolute Gasteiger partial charge is 0.218 e. The molecule has 1 fully saturated rings. The molecule has 1 saturated carbocycles. The Bertz CT molecular complexity index is 416. The minimum absolute atomic E-state index is 0.245. The number of halogens is 1. The van der Waals surface area contributed by atoms with Gasteiger partial charge in [-0.25, -0.2) is 4.98 Å². The molecule has 0 aliphatic heterocycles. The molecule has 1 aliphatic rings. The summed E-state index contributed by atoms with van der Waals surface area (Å²) in [7, 11) is 0. The van der Waals surface area contributed by atoms with Crippen molar-refractivity contribution in [2.24, 2.45) is 17.8 Å². The van der Waals surface area contributed by atoms with Gasteiger partial charge in [-0.1, -0.05) is 38.8 Å². The van der Waals surface area contributed by atoms with Crippen LogP contribution in [0.15, 0.2) is 6.07 Å². The lowest BCUT2D eigenvalue weighted by Crippen LogP contribution is -2.36. The fourth-order valence-electron chi connectivity index (χ4n) is 2.97. The van der Waals surface area contributed by atoms with Gasteiger partial charge in [0.2, 0.25) is 5.88 Å². The highest BCUT2D eigenvalue weighted by Gasteiger charge is 2.32. The van der Waals surface area contributed by atoms with Crippen molar-refractivity contribution in [3.8, 4) is 5.88 Å². The molecule has 0 radical (unpaired) electrons. The third-order valence-electron chi connectivity index (χ3n) is 4.02. The van der Waals surface area contributed by atoms with E-state index in [-0.39, 0.29) is 6.10 Å². The maximum absolute atomic E-state index is 6.13. The van der Waals surface area contributed by atoms with Gasteiger partial charge in [-0.3, -0.25) is 0 Å². The Labute approximate surface area is 120 Å². The van der Waals surface area contributed by atoms with E-state index in [0.717, 1.165) is 12.3 Å². The van der Waals surface area contributed by atoms with Crippen molar-refractivity contribution in [3.63, 3.8) is 0 Å². The van der Waals surface area contributed by atoms with Gasteiger partial charge in [-0.05, 0) is 37.5 Å². The molecule has 19 heavy (non-hydrogen) atoms. The van der Waals surface area contributed by atoms with Crippen LogP contribution in [0.5, 0.6) is 5.88 Å². The SMILES string of the molecule is Cc1nc(Cl)cc(OC2CC(C)CCC2C(C)C)n1. The average molecular weight is 283 g/mol. The van der Waals surface area contributed by atoms with Gasteiger partial charge >= 0.3 is 0 Å². The van der Waals surface area contributed by atoms with Crippen molar-refractivity contribution in [2.45, 2.75) is 53.1 Å². The zero-order chi connectivity index (χ0) is 14.0. The molecule has 3 nitrogen and oxygen atoms in total. The van der Waals surface area contributed by atoms with Crippen LogP contribution in [0.1, 0.15) is 45.9 Å². The Kier molecular flexibility index (Phi) is 4.67. The maximum atomic E-state index is 6.13. The Hall–Kier alpha value is -0.830. The molecule has 1 aromatic rings. The van der Waals surface area contributed by atoms with Crippen LogP contribution in [0.3, 0.4) is 0 Å². The second-order valence-electron chi connectivity index (χ2n) is 6.06. The van der Waals surface area contributed by atoms with E-state index >= 15 is 0 Å². The minimum atomic E-state index is 0.245. The number of rotatable bonds is 3. The van der Waals surface area contributed by atoms with E-state index in [1.165, 1.54) is 12.8 Å². The highest BCUT2D eigenvalue weighted by molar-refractivity contribution is 6.29. The van der Waals surface area contributed by atoms with Crippen LogP contribution in [-0.4, -0.2) is 16.1 Å². The summed E-state index contributed by atoms with van der Waals surface area (Å²) in [4.78, 5) is 8.40. The summed E-state index contributed by atoms with van der Waals surface area (Å²) in [6, 6.07) is 1.71. The lowest BCUT2D eigenvalue weighted by atomic mass is 9.75. The maximum Gasteiger partial charge on any atom is 0.218 e. The molecule has 1 heterocycles. The molecule has 3 unspecified atom stereocenters. The van der Waals surface area contributed by atoms with Gasteiger partial charge in [0, 0.05) is 6.07 Å². The van der Waals surface area contributed by atoms with Crippen molar-refractivity contribution < 1.29 is 4.74 Å². The molecule has 3 atom stereocenters. The Morgan fingerprint density at radius 1 is 1.32 bits per heavy atom. The zero-order valence-corrected chi connectivity index (χ0v) is 12.9. The van der Waals surface area contributed by atoms with Crippen molar-refractivity contribution >= 4 is 11.6 Å². The topological polar surface area (TPSA) is 35.0 Å². The van der Waals surface area contributed by atoms with E-state index in [2.05, 4.69) is 30.7 Å². The van der Waals surface area contributed by atoms with E-state index < -0.39 is 0 Å². The van der Waals surface area contributed by atoms with Crippen molar-refractivity contribution in [3.05, 3.63) is 17.0 Å². The molecular formula is C15H23ClN2O. The predicted octanol–water partition coefficient (Wildman–Crippen LogP) is 4.28. The number of hydrogen-bond donors (Lipinski definition) is 0. The first-order chi connectivity index (χ1) is 8.95. The molecule has 2 rings (SSSR count). The third kappa shape index (κ3) is 3.82. The molecule has 106 valence electrons. The molecule has 0 aromatic carbocycles. The van der Waals surface area contributed by atoms with E-state index in [1.807, 2.05) is 6.92 Å². The standard InChI is InChI=1S/C15H23ClN2O/c1-9(2)12-6-5-10(3)7-13(12)19-15-8-14(16)17-11(4)18-15/h8-10,12-13H,5-7H2,1-4H3. The molecule has 0 spiro atoms. The van der Waals surface area contributed by atoms with Gasteiger partial charge < -0.3 is 4.74 Å². The summed E-state index contributed by atoms with van der Waals surface area (Å²) in [6.07, 6.45) is 3.88. The average Bonchev–Trinajstić information content (AvgIpc) is 2.26. The number of aromatic nitrogens is 2. The zero-order valence-electron chi connectivity index (χ0n) is 12.2. The first kappa shape index (κ1) is 14.6. The lowest BCUT2D eigenvalue weighted by Gasteiger charge is -2.37.